The summed E-state index contributed by atoms with van der Waals surface area (Å²) in [7, 11) is 0. The number of H-pyrrole nitrogens is 1. The lowest BCUT2D eigenvalue weighted by molar-refractivity contribution is 0.0914. The number of hydrogen-bond donors (Lipinski definition) is 4. The molecule has 1 amide bonds. The Kier molecular flexibility index (Phi) is 3.59. The molecular formula is C16H19N5O2. The summed E-state index contributed by atoms with van der Waals surface area (Å²) < 4.78 is 0. The van der Waals surface area contributed by atoms with Gasteiger partial charge in [-0.1, -0.05) is 18.2 Å². The number of nitrogens with one attached hydrogen (secondary N) is 4. The molecule has 2 aliphatic rings. The number of hydrogen-bond acceptors (Lipinski definition) is 5. The van der Waals surface area contributed by atoms with Crippen molar-refractivity contribution in [1.29, 1.82) is 0 Å². The summed E-state index contributed by atoms with van der Waals surface area (Å²) >= 11 is 0. The lowest BCUT2D eigenvalue weighted by Crippen LogP contribution is -2.44. The summed E-state index contributed by atoms with van der Waals surface area (Å²) in [5.74, 6) is 0.328. The zero-order valence-electron chi connectivity index (χ0n) is 12.6. The molecule has 1 saturated carbocycles. The Morgan fingerprint density at radius 3 is 2.91 bits per heavy atom. The molecule has 0 radical (unpaired) electrons. The second-order valence-electron chi connectivity index (χ2n) is 6.32. The van der Waals surface area contributed by atoms with Gasteiger partial charge < -0.3 is 5.32 Å². The normalized spacial score (nSPS) is 26.9. The highest BCUT2D eigenvalue weighted by Crippen LogP contribution is 2.27. The molecule has 2 fully saturated rings. The van der Waals surface area contributed by atoms with Gasteiger partial charge in [-0.05, 0) is 31.2 Å². The molecule has 4 N–H and O–H groups in total. The number of hydrazine groups is 1. The van der Waals surface area contributed by atoms with E-state index in [4.69, 9.17) is 0 Å². The van der Waals surface area contributed by atoms with E-state index in [2.05, 4.69) is 26.4 Å². The van der Waals surface area contributed by atoms with Gasteiger partial charge in [0, 0.05) is 24.0 Å². The molecule has 2 heterocycles. The van der Waals surface area contributed by atoms with Gasteiger partial charge in [-0.3, -0.25) is 20.4 Å². The van der Waals surface area contributed by atoms with Crippen LogP contribution in [-0.2, 0) is 0 Å². The molecule has 2 aromatic rings. The van der Waals surface area contributed by atoms with Crippen molar-refractivity contribution >= 4 is 16.7 Å². The van der Waals surface area contributed by atoms with E-state index in [1.807, 2.05) is 0 Å². The molecule has 23 heavy (non-hydrogen) atoms. The number of amides is 1. The van der Waals surface area contributed by atoms with Gasteiger partial charge >= 0.3 is 0 Å². The minimum absolute atomic E-state index is 0.151. The van der Waals surface area contributed by atoms with Crippen LogP contribution < -0.4 is 21.7 Å². The van der Waals surface area contributed by atoms with Gasteiger partial charge in [0.25, 0.3) is 11.5 Å². The van der Waals surface area contributed by atoms with E-state index in [0.717, 1.165) is 25.8 Å². The van der Waals surface area contributed by atoms with Gasteiger partial charge in [0.2, 0.25) is 0 Å². The van der Waals surface area contributed by atoms with Crippen LogP contribution in [0.3, 0.4) is 0 Å². The van der Waals surface area contributed by atoms with Crippen molar-refractivity contribution < 1.29 is 4.79 Å². The maximum atomic E-state index is 12.6. The van der Waals surface area contributed by atoms with E-state index < -0.39 is 0 Å². The molecule has 1 aliphatic heterocycles. The Labute approximate surface area is 132 Å². The van der Waals surface area contributed by atoms with Crippen LogP contribution in [0, 0.1) is 5.92 Å². The van der Waals surface area contributed by atoms with Crippen LogP contribution in [0.2, 0.25) is 0 Å². The SMILES string of the molecule is O=C(NC1CCC2NNCC2C1)c1n[nH]c(=O)c2ccccc12. The fraction of sp³-hybridized carbons (Fsp3) is 0.438. The predicted octanol–water partition coefficient (Wildman–Crippen LogP) is 0.298. The standard InChI is InChI=1S/C16H19N5O2/c22-15-12-4-2-1-3-11(12)14(20-21-15)16(23)18-10-5-6-13-9(7-10)8-17-19-13/h1-4,9-10,13,17,19H,5-8H2,(H,18,23)(H,21,22). The first-order valence-corrected chi connectivity index (χ1v) is 7.99. The Bertz CT molecular complexity index is 802. The van der Waals surface area contributed by atoms with Gasteiger partial charge in [0.1, 0.15) is 0 Å². The third-order valence-corrected chi connectivity index (χ3v) is 4.88. The minimum Gasteiger partial charge on any atom is -0.348 e. The lowest BCUT2D eigenvalue weighted by Gasteiger charge is -2.31. The summed E-state index contributed by atoms with van der Waals surface area (Å²) in [6.07, 6.45) is 2.95. The van der Waals surface area contributed by atoms with E-state index in [1.54, 1.807) is 24.3 Å². The number of benzene rings is 1. The van der Waals surface area contributed by atoms with E-state index in [1.165, 1.54) is 0 Å². The van der Waals surface area contributed by atoms with Crippen molar-refractivity contribution in [2.24, 2.45) is 5.92 Å². The fourth-order valence-corrected chi connectivity index (χ4v) is 3.67. The predicted molar refractivity (Wildman–Crippen MR) is 85.9 cm³/mol. The van der Waals surface area contributed by atoms with Gasteiger partial charge in [0.05, 0.1) is 5.39 Å². The molecule has 4 rings (SSSR count). The molecule has 120 valence electrons. The highest BCUT2D eigenvalue weighted by molar-refractivity contribution is 6.04. The third-order valence-electron chi connectivity index (χ3n) is 4.88. The highest BCUT2D eigenvalue weighted by Gasteiger charge is 2.34. The molecule has 7 nitrogen and oxygen atoms in total. The molecule has 1 saturated heterocycles. The summed E-state index contributed by atoms with van der Waals surface area (Å²) in [6, 6.07) is 7.71. The second kappa shape index (κ2) is 5.75. The molecule has 1 aliphatic carbocycles. The maximum absolute atomic E-state index is 12.6. The Morgan fingerprint density at radius 2 is 2.04 bits per heavy atom. The van der Waals surface area contributed by atoms with Crippen LogP contribution in [0.25, 0.3) is 10.8 Å². The number of carbonyl (C=O) groups excluding carboxylic acids is 1. The number of aromatic nitrogens is 2. The largest absolute Gasteiger partial charge is 0.348 e. The quantitative estimate of drug-likeness (QED) is 0.639. The lowest BCUT2D eigenvalue weighted by atomic mass is 9.83. The van der Waals surface area contributed by atoms with E-state index >= 15 is 0 Å². The maximum Gasteiger partial charge on any atom is 0.272 e. The van der Waals surface area contributed by atoms with Gasteiger partial charge in [0.15, 0.2) is 5.69 Å². The Morgan fingerprint density at radius 1 is 1.22 bits per heavy atom. The van der Waals surface area contributed by atoms with Crippen LogP contribution >= 0.6 is 0 Å². The Balaban J connectivity index is 1.56. The molecule has 0 spiro atoms. The van der Waals surface area contributed by atoms with Crippen molar-refractivity contribution in [2.75, 3.05) is 6.54 Å². The number of aromatic amines is 1. The molecule has 7 heteroatoms. The first-order valence-electron chi connectivity index (χ1n) is 7.99. The first kappa shape index (κ1) is 14.3. The molecule has 1 aromatic carbocycles. The molecule has 3 atom stereocenters. The summed E-state index contributed by atoms with van der Waals surface area (Å²) in [5, 5.41) is 10.5. The zero-order valence-corrected chi connectivity index (χ0v) is 12.6. The summed E-state index contributed by atoms with van der Waals surface area (Å²) in [6.45, 7) is 0.941. The molecular weight excluding hydrogens is 294 g/mol. The number of rotatable bonds is 2. The van der Waals surface area contributed by atoms with Gasteiger partial charge in [-0.25, -0.2) is 5.10 Å². The van der Waals surface area contributed by atoms with Crippen molar-refractivity contribution in [2.45, 2.75) is 31.3 Å². The van der Waals surface area contributed by atoms with Gasteiger partial charge in [-0.15, -0.1) is 0 Å². The average Bonchev–Trinajstić information content (AvgIpc) is 3.03. The average molecular weight is 313 g/mol. The minimum atomic E-state index is -0.277. The third kappa shape index (κ3) is 2.62. The highest BCUT2D eigenvalue weighted by atomic mass is 16.2. The van der Waals surface area contributed by atoms with Crippen molar-refractivity contribution in [3.05, 3.63) is 40.3 Å². The van der Waals surface area contributed by atoms with Crippen molar-refractivity contribution in [3.8, 4) is 0 Å². The van der Waals surface area contributed by atoms with E-state index in [9.17, 15) is 9.59 Å². The first-order chi connectivity index (χ1) is 11.2. The Hall–Kier alpha value is -2.25. The summed E-state index contributed by atoms with van der Waals surface area (Å²) in [4.78, 5) is 24.4. The zero-order chi connectivity index (χ0) is 15.8. The van der Waals surface area contributed by atoms with Gasteiger partial charge in [-0.2, -0.15) is 5.10 Å². The number of nitrogens with zero attached hydrogens (tertiary/aromatic N) is 1. The van der Waals surface area contributed by atoms with E-state index in [0.29, 0.717) is 22.7 Å². The second-order valence-corrected chi connectivity index (χ2v) is 6.32. The van der Waals surface area contributed by atoms with Crippen LogP contribution in [0.15, 0.2) is 29.1 Å². The van der Waals surface area contributed by atoms with Crippen LogP contribution in [0.1, 0.15) is 29.8 Å². The molecule has 1 aromatic heterocycles. The molecule has 0 bridgehead atoms. The van der Waals surface area contributed by atoms with Crippen molar-refractivity contribution in [3.63, 3.8) is 0 Å². The smallest absolute Gasteiger partial charge is 0.272 e. The van der Waals surface area contributed by atoms with Crippen LogP contribution in [0.5, 0.6) is 0 Å². The number of carbonyl (C=O) groups is 1. The monoisotopic (exact) mass is 313 g/mol. The van der Waals surface area contributed by atoms with Crippen LogP contribution in [-0.4, -0.2) is 34.7 Å². The van der Waals surface area contributed by atoms with Crippen molar-refractivity contribution in [1.82, 2.24) is 26.4 Å². The summed E-state index contributed by atoms with van der Waals surface area (Å²) in [5.41, 5.74) is 6.47. The number of fused-ring (bicyclic) bond motifs is 2. The molecule has 3 unspecified atom stereocenters. The fourth-order valence-electron chi connectivity index (χ4n) is 3.67. The van der Waals surface area contributed by atoms with Crippen LogP contribution in [0.4, 0.5) is 0 Å². The van der Waals surface area contributed by atoms with E-state index in [-0.39, 0.29) is 23.2 Å². The topological polar surface area (TPSA) is 98.9 Å².